The van der Waals surface area contributed by atoms with E-state index in [1.165, 1.54) is 11.1 Å². The summed E-state index contributed by atoms with van der Waals surface area (Å²) in [4.78, 5) is 0. The van der Waals surface area contributed by atoms with Crippen LogP contribution < -0.4 is 10.4 Å². The zero-order valence-corrected chi connectivity index (χ0v) is 14.8. The molecule has 0 nitrogen and oxygen atoms in total. The molecule has 20 heavy (non-hydrogen) atoms. The molecular weight excluding hydrogens is 272 g/mol. The molecule has 0 aliphatic carbocycles. The van der Waals surface area contributed by atoms with Gasteiger partial charge < -0.3 is 0 Å². The molecular formula is C18H22Si2. The first kappa shape index (κ1) is 13.6. The molecule has 4 bridgehead atoms. The fourth-order valence-electron chi connectivity index (χ4n) is 2.98. The van der Waals surface area contributed by atoms with E-state index >= 15 is 0 Å². The molecule has 0 saturated heterocycles. The van der Waals surface area contributed by atoms with Crippen LogP contribution >= 0.6 is 0 Å². The molecule has 0 aromatic heterocycles. The Morgan fingerprint density at radius 2 is 1.00 bits per heavy atom. The van der Waals surface area contributed by atoms with Crippen molar-refractivity contribution >= 4 is 37.7 Å². The highest BCUT2D eigenvalue weighted by atomic mass is 29.3. The number of fused-ring (bicyclic) bond motifs is 4. The van der Waals surface area contributed by atoms with Crippen LogP contribution in [0.2, 0.25) is 26.2 Å². The highest BCUT2D eigenvalue weighted by Gasteiger charge is 2.43. The van der Waals surface area contributed by atoms with Gasteiger partial charge in [-0.15, -0.1) is 0 Å². The van der Waals surface area contributed by atoms with Gasteiger partial charge in [-0.1, -0.05) is 97.2 Å². The fourth-order valence-corrected chi connectivity index (χ4v) is 11.8. The molecule has 0 fully saturated rings. The summed E-state index contributed by atoms with van der Waals surface area (Å²) in [5.41, 5.74) is 2.67. The summed E-state index contributed by atoms with van der Waals surface area (Å²) in [6.45, 7) is 10.2. The molecule has 0 N–H and O–H groups in total. The fraction of sp³-hybridized carbons (Fsp3) is 0.222. The predicted molar refractivity (Wildman–Crippen MR) is 96.0 cm³/mol. The largest absolute Gasteiger partial charge is 0.0791 e. The van der Waals surface area contributed by atoms with Gasteiger partial charge in [-0.05, 0) is 11.1 Å². The summed E-state index contributed by atoms with van der Waals surface area (Å²) in [5.74, 6) is 0. The Hall–Kier alpha value is -1.39. The number of benzene rings is 2. The van der Waals surface area contributed by atoms with Crippen molar-refractivity contribution < 1.29 is 0 Å². The topological polar surface area (TPSA) is 0 Å². The van der Waals surface area contributed by atoms with E-state index in [9.17, 15) is 0 Å². The summed E-state index contributed by atoms with van der Waals surface area (Å²) in [7, 11) is -2.93. The minimum absolute atomic E-state index is 1.33. The lowest BCUT2D eigenvalue weighted by atomic mass is 10.1. The van der Waals surface area contributed by atoms with Gasteiger partial charge in [0.25, 0.3) is 0 Å². The summed E-state index contributed by atoms with van der Waals surface area (Å²) in [6, 6.07) is 18.4. The van der Waals surface area contributed by atoms with Crippen molar-refractivity contribution in [3.63, 3.8) is 0 Å². The maximum Gasteiger partial charge on any atom is 0.0791 e. The van der Waals surface area contributed by atoms with Crippen molar-refractivity contribution in [1.29, 1.82) is 0 Å². The lowest BCUT2D eigenvalue weighted by molar-refractivity contribution is 1.63. The van der Waals surface area contributed by atoms with E-state index < -0.39 is 15.2 Å². The van der Waals surface area contributed by atoms with E-state index in [-0.39, 0.29) is 0 Å². The van der Waals surface area contributed by atoms with Gasteiger partial charge in [0, 0.05) is 0 Å². The van der Waals surface area contributed by atoms with Crippen LogP contribution in [-0.2, 0) is 0 Å². The first-order chi connectivity index (χ1) is 9.41. The van der Waals surface area contributed by atoms with Crippen LogP contribution in [0.25, 0.3) is 12.2 Å². The lowest BCUT2D eigenvalue weighted by Crippen LogP contribution is -2.69. The smallest absolute Gasteiger partial charge is 0.0671 e. The van der Waals surface area contributed by atoms with Crippen LogP contribution in [0.15, 0.2) is 48.5 Å². The molecule has 0 atom stereocenters. The van der Waals surface area contributed by atoms with E-state index in [1.807, 2.05) is 0 Å². The monoisotopic (exact) mass is 294 g/mol. The van der Waals surface area contributed by atoms with Crippen molar-refractivity contribution in [2.45, 2.75) is 26.2 Å². The molecule has 2 aromatic carbocycles. The third kappa shape index (κ3) is 2.03. The average molecular weight is 295 g/mol. The Kier molecular flexibility index (Phi) is 3.11. The van der Waals surface area contributed by atoms with Crippen molar-refractivity contribution in [3.8, 4) is 0 Å². The maximum atomic E-state index is 2.55. The van der Waals surface area contributed by atoms with E-state index in [0.717, 1.165) is 0 Å². The number of hydrogen-bond donors (Lipinski definition) is 0. The van der Waals surface area contributed by atoms with Gasteiger partial charge >= 0.3 is 0 Å². The second-order valence-electron chi connectivity index (χ2n) is 6.83. The molecule has 1 aliphatic heterocycles. The number of rotatable bonds is 0. The molecule has 0 saturated carbocycles. The lowest BCUT2D eigenvalue weighted by Gasteiger charge is -2.39. The van der Waals surface area contributed by atoms with Gasteiger partial charge in [0.1, 0.15) is 0 Å². The quantitative estimate of drug-likeness (QED) is 0.649. The van der Waals surface area contributed by atoms with E-state index in [2.05, 4.69) is 86.9 Å². The SMILES string of the molecule is C[Si]1(C)c2cccc(c2)/C=C\c2cccc(c2)[Si]1(C)C. The molecule has 1 aliphatic rings. The number of hydrogen-bond acceptors (Lipinski definition) is 0. The maximum absolute atomic E-state index is 2.55. The van der Waals surface area contributed by atoms with E-state index in [4.69, 9.17) is 0 Å². The van der Waals surface area contributed by atoms with Crippen molar-refractivity contribution in [2.75, 3.05) is 0 Å². The third-order valence-corrected chi connectivity index (χ3v) is 23.0. The summed E-state index contributed by atoms with van der Waals surface area (Å²) in [5, 5.41) is 3.20. The van der Waals surface area contributed by atoms with Gasteiger partial charge in [-0.25, -0.2) is 0 Å². The standard InChI is InChI=1S/C18H22Si2/c1-19(2)17-9-5-7-15(13-17)11-12-16-8-6-10-18(14-16)20(19,3)4/h5-14H,1-4H3/b12-11-. The second kappa shape index (κ2) is 4.57. The van der Waals surface area contributed by atoms with Gasteiger partial charge in [0.05, 0.1) is 15.2 Å². The molecule has 0 unspecified atom stereocenters. The Labute approximate surface area is 124 Å². The van der Waals surface area contributed by atoms with Gasteiger partial charge in [0.2, 0.25) is 0 Å². The van der Waals surface area contributed by atoms with Crippen LogP contribution in [0.1, 0.15) is 11.1 Å². The van der Waals surface area contributed by atoms with Crippen LogP contribution in [0, 0.1) is 0 Å². The Balaban J connectivity index is 2.33. The Bertz CT molecular complexity index is 622. The van der Waals surface area contributed by atoms with Crippen molar-refractivity contribution in [2.24, 2.45) is 0 Å². The van der Waals surface area contributed by atoms with Crippen molar-refractivity contribution in [3.05, 3.63) is 59.7 Å². The van der Waals surface area contributed by atoms with Crippen LogP contribution in [0.4, 0.5) is 0 Å². The average Bonchev–Trinajstić information content (AvgIpc) is 2.45. The molecule has 1 heterocycles. The molecule has 0 radical (unpaired) electrons. The Morgan fingerprint density at radius 1 is 0.600 bits per heavy atom. The minimum atomic E-state index is -1.46. The zero-order valence-electron chi connectivity index (χ0n) is 12.8. The molecule has 3 rings (SSSR count). The molecule has 2 heteroatoms. The normalized spacial score (nSPS) is 20.2. The predicted octanol–water partition coefficient (Wildman–Crippen LogP) is 3.78. The summed E-state index contributed by atoms with van der Waals surface area (Å²) < 4.78 is 0. The summed E-state index contributed by atoms with van der Waals surface area (Å²) in [6.07, 6.45) is 4.49. The highest BCUT2D eigenvalue weighted by Crippen LogP contribution is 2.22. The third-order valence-electron chi connectivity index (χ3n) is 5.25. The van der Waals surface area contributed by atoms with Gasteiger partial charge in [-0.2, -0.15) is 0 Å². The first-order valence-electron chi connectivity index (χ1n) is 7.30. The van der Waals surface area contributed by atoms with E-state index in [0.29, 0.717) is 0 Å². The molecule has 0 spiro atoms. The molecule has 2 aromatic rings. The molecule has 0 amide bonds. The second-order valence-corrected chi connectivity index (χ2v) is 22.0. The Morgan fingerprint density at radius 3 is 1.40 bits per heavy atom. The minimum Gasteiger partial charge on any atom is -0.0671 e. The van der Waals surface area contributed by atoms with E-state index in [1.54, 1.807) is 10.4 Å². The van der Waals surface area contributed by atoms with Crippen LogP contribution in [0.3, 0.4) is 0 Å². The van der Waals surface area contributed by atoms with Crippen LogP contribution in [-0.4, -0.2) is 15.2 Å². The zero-order chi connectivity index (χ0) is 14.4. The van der Waals surface area contributed by atoms with Gasteiger partial charge in [-0.3, -0.25) is 0 Å². The molecule has 102 valence electrons. The van der Waals surface area contributed by atoms with Crippen LogP contribution in [0.5, 0.6) is 0 Å². The first-order valence-corrected chi connectivity index (χ1v) is 14.3. The van der Waals surface area contributed by atoms with Gasteiger partial charge in [0.15, 0.2) is 0 Å². The highest BCUT2D eigenvalue weighted by molar-refractivity contribution is 7.49. The van der Waals surface area contributed by atoms with Crippen molar-refractivity contribution in [1.82, 2.24) is 0 Å². The summed E-state index contributed by atoms with van der Waals surface area (Å²) >= 11 is 0.